The second-order valence-electron chi connectivity index (χ2n) is 15.2. The SMILES string of the molecule is C.CC(C)(C)OC(=O)C(CNC(=O)CCCCCN1C(=O)C=CC1=O)NC(=O)CCCC(=O)O.O=C(O)CCCC(=O)NC(CNC(=O)CCCCCN1C(=O)C=CC1=O)C(=O)O. The van der Waals surface area contributed by atoms with E-state index in [0.29, 0.717) is 45.1 Å². The zero-order valence-electron chi connectivity index (χ0n) is 35.2. The van der Waals surface area contributed by atoms with Gasteiger partial charge in [-0.2, -0.15) is 0 Å². The van der Waals surface area contributed by atoms with E-state index in [0.717, 1.165) is 9.80 Å². The third-order valence-corrected chi connectivity index (χ3v) is 8.63. The molecule has 2 rings (SSSR count). The number of aliphatic carboxylic acids is 3. The van der Waals surface area contributed by atoms with Crippen molar-refractivity contribution in [3.63, 3.8) is 0 Å². The molecule has 2 unspecified atom stereocenters. The molecular formula is C41H62N6O16. The van der Waals surface area contributed by atoms with Crippen LogP contribution in [0.2, 0.25) is 0 Å². The van der Waals surface area contributed by atoms with Gasteiger partial charge in [-0.25, -0.2) is 9.59 Å². The highest BCUT2D eigenvalue weighted by atomic mass is 16.6. The van der Waals surface area contributed by atoms with Crippen molar-refractivity contribution in [1.82, 2.24) is 31.1 Å². The van der Waals surface area contributed by atoms with E-state index in [-0.39, 0.29) is 114 Å². The summed E-state index contributed by atoms with van der Waals surface area (Å²) in [5, 5.41) is 36.1. The Labute approximate surface area is 365 Å². The van der Waals surface area contributed by atoms with Gasteiger partial charge in [0.15, 0.2) is 0 Å². The van der Waals surface area contributed by atoms with E-state index in [1.165, 1.54) is 24.3 Å². The summed E-state index contributed by atoms with van der Waals surface area (Å²) < 4.78 is 5.29. The van der Waals surface area contributed by atoms with Crippen molar-refractivity contribution < 1.29 is 77.6 Å². The van der Waals surface area contributed by atoms with Gasteiger partial charge in [0, 0.05) is 89.0 Å². The Morgan fingerprint density at radius 2 is 0.873 bits per heavy atom. The van der Waals surface area contributed by atoms with Crippen molar-refractivity contribution in [2.75, 3.05) is 26.2 Å². The van der Waals surface area contributed by atoms with E-state index in [9.17, 15) is 57.5 Å². The van der Waals surface area contributed by atoms with E-state index in [1.54, 1.807) is 20.8 Å². The van der Waals surface area contributed by atoms with Crippen LogP contribution in [0.5, 0.6) is 0 Å². The van der Waals surface area contributed by atoms with E-state index in [2.05, 4.69) is 21.3 Å². The van der Waals surface area contributed by atoms with Gasteiger partial charge in [-0.1, -0.05) is 20.3 Å². The zero-order chi connectivity index (χ0) is 46.8. The number of hydrogen-bond donors (Lipinski definition) is 7. The first-order valence-corrected chi connectivity index (χ1v) is 20.2. The van der Waals surface area contributed by atoms with Crippen LogP contribution in [0.25, 0.3) is 0 Å². The van der Waals surface area contributed by atoms with Gasteiger partial charge in [0.05, 0.1) is 0 Å². The number of carbonyl (C=O) groups is 12. The van der Waals surface area contributed by atoms with E-state index >= 15 is 0 Å². The minimum Gasteiger partial charge on any atom is -0.481 e. The minimum absolute atomic E-state index is 0. The molecule has 22 heteroatoms. The lowest BCUT2D eigenvalue weighted by Gasteiger charge is -2.24. The number of unbranched alkanes of at least 4 members (excludes halogenated alkanes) is 4. The molecule has 0 spiro atoms. The molecule has 22 nitrogen and oxygen atoms in total. The van der Waals surface area contributed by atoms with Crippen LogP contribution in [0, 0.1) is 0 Å². The summed E-state index contributed by atoms with van der Waals surface area (Å²) in [7, 11) is 0. The van der Waals surface area contributed by atoms with Crippen molar-refractivity contribution in [2.24, 2.45) is 0 Å². The van der Waals surface area contributed by atoms with E-state index in [1.807, 2.05) is 0 Å². The van der Waals surface area contributed by atoms with Gasteiger partial charge in [-0.3, -0.25) is 57.7 Å². The molecule has 2 aliphatic rings. The first-order chi connectivity index (χ1) is 29.1. The summed E-state index contributed by atoms with van der Waals surface area (Å²) in [5.74, 6) is -7.28. The largest absolute Gasteiger partial charge is 0.481 e. The number of rotatable bonds is 28. The number of ether oxygens (including phenoxy) is 1. The molecule has 0 saturated heterocycles. The van der Waals surface area contributed by atoms with Crippen LogP contribution in [0.15, 0.2) is 24.3 Å². The van der Waals surface area contributed by atoms with Crippen molar-refractivity contribution in [2.45, 2.75) is 136 Å². The lowest BCUT2D eigenvalue weighted by Crippen LogP contribution is -2.50. The number of carboxylic acids is 3. The topological polar surface area (TPSA) is 329 Å². The summed E-state index contributed by atoms with van der Waals surface area (Å²) in [5.41, 5.74) is -0.791. The first-order valence-electron chi connectivity index (χ1n) is 20.2. The fraction of sp³-hybridized carbons (Fsp3) is 0.610. The predicted molar refractivity (Wildman–Crippen MR) is 222 cm³/mol. The Morgan fingerprint density at radius 1 is 0.524 bits per heavy atom. The van der Waals surface area contributed by atoms with Gasteiger partial charge in [-0.15, -0.1) is 0 Å². The molecule has 0 bridgehead atoms. The van der Waals surface area contributed by atoms with Crippen molar-refractivity contribution in [3.05, 3.63) is 24.3 Å². The Hall–Kier alpha value is -6.48. The average Bonchev–Trinajstić information content (AvgIpc) is 3.67. The molecule has 2 atom stereocenters. The van der Waals surface area contributed by atoms with Gasteiger partial charge in [0.25, 0.3) is 23.6 Å². The number of nitrogens with one attached hydrogen (secondary N) is 4. The Bertz CT molecular complexity index is 1680. The molecule has 0 aromatic heterocycles. The maximum absolute atomic E-state index is 12.4. The Balaban J connectivity index is 0.00000121. The molecule has 0 aromatic rings. The summed E-state index contributed by atoms with van der Waals surface area (Å²) in [4.78, 5) is 140. The van der Waals surface area contributed by atoms with Gasteiger partial charge >= 0.3 is 23.9 Å². The van der Waals surface area contributed by atoms with Crippen LogP contribution in [0.3, 0.4) is 0 Å². The number of imide groups is 2. The second-order valence-corrected chi connectivity index (χ2v) is 15.2. The van der Waals surface area contributed by atoms with Crippen LogP contribution in [0.1, 0.15) is 118 Å². The van der Waals surface area contributed by atoms with Gasteiger partial charge in [0.1, 0.15) is 17.7 Å². The normalized spacial score (nSPS) is 13.9. The quantitative estimate of drug-likeness (QED) is 0.0323. The molecule has 0 aliphatic carbocycles. The lowest BCUT2D eigenvalue weighted by atomic mass is 10.1. The van der Waals surface area contributed by atoms with Crippen LogP contribution in [-0.2, 0) is 62.3 Å². The molecule has 2 aliphatic heterocycles. The van der Waals surface area contributed by atoms with Crippen molar-refractivity contribution >= 4 is 71.1 Å². The van der Waals surface area contributed by atoms with Crippen molar-refractivity contribution in [3.8, 4) is 0 Å². The molecular weight excluding hydrogens is 832 g/mol. The third kappa shape index (κ3) is 25.8. The Morgan fingerprint density at radius 3 is 1.22 bits per heavy atom. The summed E-state index contributed by atoms with van der Waals surface area (Å²) in [6, 6.07) is -2.42. The average molecular weight is 895 g/mol. The molecule has 63 heavy (non-hydrogen) atoms. The first kappa shape index (κ1) is 56.5. The number of hydrogen-bond acceptors (Lipinski definition) is 13. The van der Waals surface area contributed by atoms with Gasteiger partial charge in [0.2, 0.25) is 23.6 Å². The molecule has 7 N–H and O–H groups in total. The summed E-state index contributed by atoms with van der Waals surface area (Å²) in [6.45, 7) is 5.14. The van der Waals surface area contributed by atoms with Crippen LogP contribution in [0.4, 0.5) is 0 Å². The van der Waals surface area contributed by atoms with Crippen LogP contribution in [-0.4, -0.2) is 140 Å². The number of esters is 1. The maximum Gasteiger partial charge on any atom is 0.331 e. The third-order valence-electron chi connectivity index (χ3n) is 8.63. The molecule has 2 heterocycles. The highest BCUT2D eigenvalue weighted by Gasteiger charge is 2.28. The monoisotopic (exact) mass is 894 g/mol. The van der Waals surface area contributed by atoms with E-state index < -0.39 is 53.4 Å². The summed E-state index contributed by atoms with van der Waals surface area (Å²) in [6.07, 6.45) is 8.20. The Kier molecular flexibility index (Phi) is 26.7. The molecule has 8 amide bonds. The minimum atomic E-state index is -1.31. The lowest BCUT2D eigenvalue weighted by molar-refractivity contribution is -0.158. The highest BCUT2D eigenvalue weighted by molar-refractivity contribution is 6.13. The zero-order valence-corrected chi connectivity index (χ0v) is 35.2. The highest BCUT2D eigenvalue weighted by Crippen LogP contribution is 2.11. The number of amides is 8. The fourth-order valence-electron chi connectivity index (χ4n) is 5.48. The molecule has 0 radical (unpaired) electrons. The number of carboxylic acid groups (broad SMARTS) is 3. The van der Waals surface area contributed by atoms with Gasteiger partial charge in [-0.05, 0) is 59.3 Å². The summed E-state index contributed by atoms with van der Waals surface area (Å²) >= 11 is 0. The molecule has 352 valence electrons. The predicted octanol–water partition coefficient (Wildman–Crippen LogP) is 0.718. The number of carbonyl (C=O) groups excluding carboxylic acids is 9. The van der Waals surface area contributed by atoms with Crippen molar-refractivity contribution in [1.29, 1.82) is 0 Å². The molecule has 0 fully saturated rings. The van der Waals surface area contributed by atoms with Gasteiger partial charge < -0.3 is 41.3 Å². The van der Waals surface area contributed by atoms with E-state index in [4.69, 9.17) is 20.1 Å². The fourth-order valence-corrected chi connectivity index (χ4v) is 5.48. The number of nitrogens with zero attached hydrogens (tertiary/aromatic N) is 2. The molecule has 0 saturated carbocycles. The maximum atomic E-state index is 12.4. The second kappa shape index (κ2) is 29.7. The van der Waals surface area contributed by atoms with Crippen LogP contribution >= 0.6 is 0 Å². The van der Waals surface area contributed by atoms with Crippen LogP contribution < -0.4 is 21.3 Å². The smallest absolute Gasteiger partial charge is 0.331 e. The molecule has 0 aromatic carbocycles. The standard InChI is InChI=1S/C22H33N3O8.C18H25N3O8.CH4/c1-22(2,3)33-21(32)15(24-17(27)9-7-10-20(30)31)14-23-16(26)8-5-4-6-13-25-18(28)11-12-19(25)29;22-13(5-2-1-3-10-21-15(24)8-9-16(21)25)19-11-12(18(28)29)20-14(23)6-4-7-17(26)27;/h11-12,15H,4-10,13-14H2,1-3H3,(H,23,26)(H,24,27)(H,30,31);8-9,12H,1-7,10-11H2,(H,19,22)(H,20,23)(H,26,27)(H,28,29);1H4.